The van der Waals surface area contributed by atoms with E-state index in [9.17, 15) is 9.59 Å². The lowest BCUT2D eigenvalue weighted by atomic mass is 10.3. The quantitative estimate of drug-likeness (QED) is 0.778. The van der Waals surface area contributed by atoms with E-state index >= 15 is 0 Å². The van der Waals surface area contributed by atoms with Crippen molar-refractivity contribution in [3.63, 3.8) is 0 Å². The maximum Gasteiger partial charge on any atom is 0.320 e. The third-order valence-electron chi connectivity index (χ3n) is 2.20. The Labute approximate surface area is 99.7 Å². The molecule has 0 radical (unpaired) electrons. The summed E-state index contributed by atoms with van der Waals surface area (Å²) < 4.78 is 1.20. The molecule has 0 saturated heterocycles. The highest BCUT2D eigenvalue weighted by atomic mass is 32.1. The number of aliphatic carboxylic acids is 1. The van der Waals surface area contributed by atoms with Crippen LogP contribution in [-0.4, -0.2) is 31.7 Å². The molecule has 2 aromatic rings. The van der Waals surface area contributed by atoms with Crippen molar-refractivity contribution in [3.05, 3.63) is 27.6 Å². The Balaban J connectivity index is 2.19. The van der Waals surface area contributed by atoms with Crippen LogP contribution in [0.25, 0.3) is 4.96 Å². The van der Waals surface area contributed by atoms with E-state index < -0.39 is 12.0 Å². The van der Waals surface area contributed by atoms with E-state index in [4.69, 9.17) is 5.11 Å². The topological polar surface area (TPSA) is 96.6 Å². The molecule has 0 aliphatic heterocycles. The summed E-state index contributed by atoms with van der Waals surface area (Å²) >= 11 is 1.25. The number of carboxylic acids is 1. The SMILES string of the molecule is C[C@H](NCc1cc(=O)n2ncsc2n1)C(=O)O. The maximum atomic E-state index is 11.6. The summed E-state index contributed by atoms with van der Waals surface area (Å²) in [5.74, 6) is -0.944. The van der Waals surface area contributed by atoms with Crippen LogP contribution in [0.1, 0.15) is 12.6 Å². The molecule has 8 heteroatoms. The molecule has 0 fully saturated rings. The number of carboxylic acid groups (broad SMARTS) is 1. The molecule has 17 heavy (non-hydrogen) atoms. The Morgan fingerprint density at radius 3 is 3.18 bits per heavy atom. The Bertz CT molecular complexity index is 606. The predicted octanol–water partition coefficient (Wildman–Crippen LogP) is -0.286. The van der Waals surface area contributed by atoms with E-state index in [1.54, 1.807) is 0 Å². The van der Waals surface area contributed by atoms with E-state index in [1.165, 1.54) is 34.4 Å². The Morgan fingerprint density at radius 2 is 2.47 bits per heavy atom. The second-order valence-electron chi connectivity index (χ2n) is 3.46. The van der Waals surface area contributed by atoms with Crippen molar-refractivity contribution >= 4 is 22.3 Å². The Morgan fingerprint density at radius 1 is 1.71 bits per heavy atom. The highest BCUT2D eigenvalue weighted by Crippen LogP contribution is 2.03. The molecule has 0 saturated carbocycles. The summed E-state index contributed by atoms with van der Waals surface area (Å²) in [5, 5.41) is 15.3. The zero-order valence-electron chi connectivity index (χ0n) is 8.95. The molecule has 0 unspecified atom stereocenters. The first-order chi connectivity index (χ1) is 8.08. The van der Waals surface area contributed by atoms with E-state index in [1.807, 2.05) is 0 Å². The van der Waals surface area contributed by atoms with Crippen molar-refractivity contribution in [1.29, 1.82) is 0 Å². The fourth-order valence-corrected chi connectivity index (χ4v) is 1.88. The first-order valence-corrected chi connectivity index (χ1v) is 5.74. The monoisotopic (exact) mass is 254 g/mol. The fraction of sp³-hybridized carbons (Fsp3) is 0.333. The van der Waals surface area contributed by atoms with E-state index in [-0.39, 0.29) is 12.1 Å². The number of hydrogen-bond donors (Lipinski definition) is 2. The third-order valence-corrected chi connectivity index (χ3v) is 2.87. The first-order valence-electron chi connectivity index (χ1n) is 4.86. The number of carbonyl (C=O) groups is 1. The molecule has 0 bridgehead atoms. The van der Waals surface area contributed by atoms with Gasteiger partial charge >= 0.3 is 5.97 Å². The van der Waals surface area contributed by atoms with Gasteiger partial charge in [0.2, 0.25) is 4.96 Å². The number of rotatable bonds is 4. The number of aromatic nitrogens is 3. The van der Waals surface area contributed by atoms with Gasteiger partial charge in [0.25, 0.3) is 5.56 Å². The molecule has 0 aliphatic carbocycles. The number of nitrogens with one attached hydrogen (secondary N) is 1. The van der Waals surface area contributed by atoms with Crippen LogP contribution in [0, 0.1) is 0 Å². The summed E-state index contributed by atoms with van der Waals surface area (Å²) in [6.45, 7) is 1.76. The van der Waals surface area contributed by atoms with Gasteiger partial charge in [0, 0.05) is 12.6 Å². The second kappa shape index (κ2) is 4.60. The van der Waals surface area contributed by atoms with Gasteiger partial charge in [-0.05, 0) is 6.92 Å². The molecule has 0 aliphatic rings. The lowest BCUT2D eigenvalue weighted by molar-refractivity contribution is -0.139. The maximum absolute atomic E-state index is 11.6. The zero-order valence-corrected chi connectivity index (χ0v) is 9.77. The van der Waals surface area contributed by atoms with Crippen molar-refractivity contribution < 1.29 is 9.90 Å². The number of fused-ring (bicyclic) bond motifs is 1. The van der Waals surface area contributed by atoms with Gasteiger partial charge in [0.05, 0.1) is 5.69 Å². The number of nitrogens with zero attached hydrogens (tertiary/aromatic N) is 3. The van der Waals surface area contributed by atoms with Crippen LogP contribution in [-0.2, 0) is 11.3 Å². The lowest BCUT2D eigenvalue weighted by Gasteiger charge is -2.07. The smallest absolute Gasteiger partial charge is 0.320 e. The molecular formula is C9H10N4O3S. The minimum Gasteiger partial charge on any atom is -0.480 e. The van der Waals surface area contributed by atoms with Crippen LogP contribution in [0.2, 0.25) is 0 Å². The molecule has 90 valence electrons. The van der Waals surface area contributed by atoms with Crippen molar-refractivity contribution in [3.8, 4) is 0 Å². The molecule has 7 nitrogen and oxygen atoms in total. The van der Waals surface area contributed by atoms with E-state index in [0.29, 0.717) is 10.7 Å². The highest BCUT2D eigenvalue weighted by molar-refractivity contribution is 7.14. The van der Waals surface area contributed by atoms with Crippen molar-refractivity contribution in [2.24, 2.45) is 0 Å². The Hall–Kier alpha value is -1.80. The normalized spacial score (nSPS) is 12.8. The Kier molecular flexibility index (Phi) is 3.16. The molecule has 2 heterocycles. The third kappa shape index (κ3) is 2.48. The van der Waals surface area contributed by atoms with E-state index in [0.717, 1.165) is 0 Å². The molecule has 1 atom stereocenters. The second-order valence-corrected chi connectivity index (χ2v) is 4.27. The lowest BCUT2D eigenvalue weighted by Crippen LogP contribution is -2.33. The summed E-state index contributed by atoms with van der Waals surface area (Å²) in [7, 11) is 0. The summed E-state index contributed by atoms with van der Waals surface area (Å²) in [6, 6.07) is 0.658. The van der Waals surface area contributed by atoms with E-state index in [2.05, 4.69) is 15.4 Å². The van der Waals surface area contributed by atoms with Gasteiger partial charge in [-0.15, -0.1) is 0 Å². The largest absolute Gasteiger partial charge is 0.480 e. The van der Waals surface area contributed by atoms with Crippen molar-refractivity contribution in [1.82, 2.24) is 19.9 Å². The minimum atomic E-state index is -0.944. The molecule has 0 amide bonds. The zero-order chi connectivity index (χ0) is 12.4. The average molecular weight is 254 g/mol. The molecule has 0 spiro atoms. The summed E-state index contributed by atoms with van der Waals surface area (Å²) in [6.07, 6.45) is 0. The van der Waals surface area contributed by atoms with Crippen LogP contribution in [0.3, 0.4) is 0 Å². The van der Waals surface area contributed by atoms with Crippen molar-refractivity contribution in [2.75, 3.05) is 0 Å². The standard InChI is InChI=1S/C9H10N4O3S/c1-5(8(15)16)10-3-6-2-7(14)13-9(12-6)17-4-11-13/h2,4-5,10H,3H2,1H3,(H,15,16)/t5-/m0/s1. The van der Waals surface area contributed by atoms with Crippen molar-refractivity contribution in [2.45, 2.75) is 19.5 Å². The molecule has 2 rings (SSSR count). The van der Waals surface area contributed by atoms with Gasteiger partial charge in [-0.25, -0.2) is 4.98 Å². The van der Waals surface area contributed by atoms with Gasteiger partial charge in [0.15, 0.2) is 0 Å². The van der Waals surface area contributed by atoms with Crippen LogP contribution in [0.15, 0.2) is 16.4 Å². The minimum absolute atomic E-state index is 0.233. The van der Waals surface area contributed by atoms with Gasteiger partial charge in [-0.3, -0.25) is 14.9 Å². The van der Waals surface area contributed by atoms with Gasteiger partial charge in [0.1, 0.15) is 11.6 Å². The van der Waals surface area contributed by atoms with Crippen LogP contribution in [0.4, 0.5) is 0 Å². The predicted molar refractivity (Wildman–Crippen MR) is 61.1 cm³/mol. The van der Waals surface area contributed by atoms with Gasteiger partial charge < -0.3 is 5.11 Å². The first kappa shape index (κ1) is 11.7. The molecular weight excluding hydrogens is 244 g/mol. The molecule has 2 N–H and O–H groups in total. The summed E-state index contributed by atoms with van der Waals surface area (Å²) in [5.41, 5.74) is 1.77. The number of hydrogen-bond acceptors (Lipinski definition) is 6. The average Bonchev–Trinajstić information content (AvgIpc) is 2.74. The van der Waals surface area contributed by atoms with Crippen LogP contribution >= 0.6 is 11.3 Å². The van der Waals surface area contributed by atoms with Crippen LogP contribution < -0.4 is 10.9 Å². The van der Waals surface area contributed by atoms with Gasteiger partial charge in [-0.1, -0.05) is 11.3 Å². The highest BCUT2D eigenvalue weighted by Gasteiger charge is 2.11. The molecule has 2 aromatic heterocycles. The molecule has 0 aromatic carbocycles. The van der Waals surface area contributed by atoms with Crippen LogP contribution in [0.5, 0.6) is 0 Å². The fourth-order valence-electron chi connectivity index (χ4n) is 1.24. The van der Waals surface area contributed by atoms with Gasteiger partial charge in [-0.2, -0.15) is 9.61 Å². The summed E-state index contributed by atoms with van der Waals surface area (Å²) in [4.78, 5) is 26.9.